The number of nitrogens with one attached hydrogen (secondary N) is 1. The quantitative estimate of drug-likeness (QED) is 0.289. The number of aliphatic imine (C=N–C) groups is 1. The van der Waals surface area contributed by atoms with E-state index in [0.29, 0.717) is 29.1 Å². The molecule has 0 radical (unpaired) electrons. The van der Waals surface area contributed by atoms with Gasteiger partial charge in [0.1, 0.15) is 0 Å². The fourth-order valence-electron chi connectivity index (χ4n) is 3.94. The van der Waals surface area contributed by atoms with Crippen molar-refractivity contribution in [2.24, 2.45) is 4.99 Å². The maximum atomic E-state index is 12.6. The van der Waals surface area contributed by atoms with Crippen molar-refractivity contribution < 1.29 is 21.9 Å². The monoisotopic (exact) mass is 539 g/mol. The second-order valence-electron chi connectivity index (χ2n) is 8.89. The number of anilines is 1. The van der Waals surface area contributed by atoms with Gasteiger partial charge in [0.05, 0.1) is 22.4 Å². The molecule has 10 heteroatoms. The van der Waals surface area contributed by atoms with E-state index >= 15 is 0 Å². The Morgan fingerprint density at radius 3 is 2.43 bits per heavy atom. The number of hydrogen-bond acceptors (Lipinski definition) is 6. The molecule has 0 aliphatic rings. The van der Waals surface area contributed by atoms with Gasteiger partial charge in [0.25, 0.3) is 10.0 Å². The summed E-state index contributed by atoms with van der Waals surface area (Å²) in [6.07, 6.45) is 2.87. The highest BCUT2D eigenvalue weighted by Crippen LogP contribution is 2.22. The van der Waals surface area contributed by atoms with E-state index in [2.05, 4.69) is 9.71 Å². The van der Waals surface area contributed by atoms with E-state index in [-0.39, 0.29) is 11.4 Å². The molecule has 0 aliphatic heterocycles. The minimum atomic E-state index is -3.73. The van der Waals surface area contributed by atoms with Crippen LogP contribution in [0.3, 0.4) is 0 Å². The summed E-state index contributed by atoms with van der Waals surface area (Å²) in [5, 5.41) is 11.5. The Morgan fingerprint density at radius 2 is 1.70 bits per heavy atom. The Morgan fingerprint density at radius 1 is 0.946 bits per heavy atom. The number of rotatable bonds is 10. The molecule has 0 saturated carbocycles. The van der Waals surface area contributed by atoms with Crippen molar-refractivity contribution in [1.29, 1.82) is 0 Å². The summed E-state index contributed by atoms with van der Waals surface area (Å²) in [7, 11) is -6.99. The third-order valence-electron chi connectivity index (χ3n) is 6.00. The van der Waals surface area contributed by atoms with Gasteiger partial charge in [-0.2, -0.15) is 0 Å². The minimum Gasteiger partial charge on any atom is -0.386 e. The lowest BCUT2D eigenvalue weighted by molar-refractivity contribution is 0.187. The van der Waals surface area contributed by atoms with Crippen LogP contribution in [0, 0.1) is 0 Å². The highest BCUT2D eigenvalue weighted by atomic mass is 32.2. The molecule has 2 N–H and O–H groups in total. The Labute approximate surface area is 217 Å². The number of sulfone groups is 1. The van der Waals surface area contributed by atoms with Crippen molar-refractivity contribution >= 4 is 42.2 Å². The first-order valence-corrected chi connectivity index (χ1v) is 15.1. The van der Waals surface area contributed by atoms with Crippen LogP contribution in [0.15, 0.2) is 99.8 Å². The van der Waals surface area contributed by atoms with Crippen LogP contribution in [0.2, 0.25) is 0 Å². The van der Waals surface area contributed by atoms with Crippen molar-refractivity contribution in [2.75, 3.05) is 17.5 Å². The van der Waals surface area contributed by atoms with Crippen LogP contribution in [0.1, 0.15) is 25.0 Å². The molecule has 8 nitrogen and oxygen atoms in total. The molecule has 1 atom stereocenters. The molecule has 0 fully saturated rings. The molecule has 3 aromatic carbocycles. The summed E-state index contributed by atoms with van der Waals surface area (Å²) in [6, 6.07) is 21.7. The minimum absolute atomic E-state index is 0.144. The van der Waals surface area contributed by atoms with Gasteiger partial charge in [0.15, 0.2) is 9.84 Å². The normalized spacial score (nSPS) is 13.5. The van der Waals surface area contributed by atoms with Gasteiger partial charge in [0.2, 0.25) is 0 Å². The van der Waals surface area contributed by atoms with E-state index in [9.17, 15) is 21.9 Å². The first-order valence-electron chi connectivity index (χ1n) is 11.7. The third kappa shape index (κ3) is 6.65. The molecule has 0 aliphatic carbocycles. The molecule has 0 bridgehead atoms. The number of sulfonamides is 1. The van der Waals surface area contributed by atoms with E-state index in [1.54, 1.807) is 60.7 Å². The zero-order chi connectivity index (χ0) is 26.6. The van der Waals surface area contributed by atoms with Gasteiger partial charge in [-0.25, -0.2) is 16.8 Å². The summed E-state index contributed by atoms with van der Waals surface area (Å²) in [5.41, 5.74) is 2.71. The standard InChI is InChI=1S/C27H29N3O5S2/c1-20(13-15-30-16-14-21-18-25(36(2,32)33)11-12-26(21)30)28-19-27(31)22-7-6-8-23(17-22)29-37(34,35)24-9-4-3-5-10-24/h3-12,14,16-18,27,29,31H,13,15,19H2,1-2H3/b28-20+/t27-/m0/s1. The molecule has 0 saturated heterocycles. The van der Waals surface area contributed by atoms with Crippen LogP contribution in [0.4, 0.5) is 5.69 Å². The van der Waals surface area contributed by atoms with Crippen molar-refractivity contribution in [3.63, 3.8) is 0 Å². The van der Waals surface area contributed by atoms with Crippen molar-refractivity contribution in [3.8, 4) is 0 Å². The lowest BCUT2D eigenvalue weighted by Crippen LogP contribution is -2.13. The van der Waals surface area contributed by atoms with Gasteiger partial charge in [-0.05, 0) is 61.0 Å². The Hall–Kier alpha value is -3.47. The molecular formula is C27H29N3O5S2. The molecule has 4 aromatic rings. The topological polar surface area (TPSA) is 118 Å². The molecule has 0 unspecified atom stereocenters. The van der Waals surface area contributed by atoms with Crippen molar-refractivity contribution in [3.05, 3.63) is 90.6 Å². The summed E-state index contributed by atoms with van der Waals surface area (Å²) in [4.78, 5) is 4.97. The van der Waals surface area contributed by atoms with Gasteiger partial charge >= 0.3 is 0 Å². The molecule has 194 valence electrons. The lowest BCUT2D eigenvalue weighted by Gasteiger charge is -2.13. The van der Waals surface area contributed by atoms with Crippen LogP contribution >= 0.6 is 0 Å². The second kappa shape index (κ2) is 10.9. The van der Waals surface area contributed by atoms with E-state index in [1.165, 1.54) is 18.4 Å². The number of aryl methyl sites for hydroxylation is 1. The van der Waals surface area contributed by atoms with Crippen LogP contribution in [-0.4, -0.2) is 45.0 Å². The smallest absolute Gasteiger partial charge is 0.261 e. The van der Waals surface area contributed by atoms with E-state index in [1.807, 2.05) is 23.8 Å². The predicted octanol–water partition coefficient (Wildman–Crippen LogP) is 4.43. The maximum Gasteiger partial charge on any atom is 0.261 e. The SMILES string of the molecule is C/C(CCn1ccc2cc(S(C)(=O)=O)ccc21)=N\C[C@H](O)c1cccc(NS(=O)(=O)c2ccccc2)c1. The zero-order valence-electron chi connectivity index (χ0n) is 20.6. The van der Waals surface area contributed by atoms with Gasteiger partial charge in [-0.15, -0.1) is 0 Å². The van der Waals surface area contributed by atoms with Gasteiger partial charge in [0, 0.05) is 47.7 Å². The largest absolute Gasteiger partial charge is 0.386 e. The molecule has 0 amide bonds. The number of nitrogens with zero attached hydrogens (tertiary/aromatic N) is 2. The van der Waals surface area contributed by atoms with Crippen LogP contribution < -0.4 is 4.72 Å². The van der Waals surface area contributed by atoms with Gasteiger partial charge in [-0.1, -0.05) is 30.3 Å². The average Bonchev–Trinajstić information content (AvgIpc) is 3.28. The summed E-state index contributed by atoms with van der Waals surface area (Å²) in [6.45, 7) is 2.69. The second-order valence-corrected chi connectivity index (χ2v) is 12.6. The maximum absolute atomic E-state index is 12.6. The van der Waals surface area contributed by atoms with Crippen molar-refractivity contribution in [1.82, 2.24) is 4.57 Å². The highest BCUT2D eigenvalue weighted by molar-refractivity contribution is 7.92. The first kappa shape index (κ1) is 26.6. The van der Waals surface area contributed by atoms with Gasteiger partial charge < -0.3 is 9.67 Å². The van der Waals surface area contributed by atoms with Crippen LogP contribution in [0.25, 0.3) is 10.9 Å². The average molecular weight is 540 g/mol. The first-order chi connectivity index (χ1) is 17.5. The zero-order valence-corrected chi connectivity index (χ0v) is 22.2. The van der Waals surface area contributed by atoms with E-state index < -0.39 is 26.0 Å². The Kier molecular flexibility index (Phi) is 7.82. The predicted molar refractivity (Wildman–Crippen MR) is 146 cm³/mol. The number of aliphatic hydroxyl groups is 1. The lowest BCUT2D eigenvalue weighted by atomic mass is 10.1. The third-order valence-corrected chi connectivity index (χ3v) is 8.50. The summed E-state index contributed by atoms with van der Waals surface area (Å²) >= 11 is 0. The van der Waals surface area contributed by atoms with E-state index in [0.717, 1.165) is 16.6 Å². The molecule has 0 spiro atoms. The van der Waals surface area contributed by atoms with E-state index in [4.69, 9.17) is 0 Å². The summed E-state index contributed by atoms with van der Waals surface area (Å²) in [5.74, 6) is 0. The molecule has 1 heterocycles. The van der Waals surface area contributed by atoms with Crippen molar-refractivity contribution in [2.45, 2.75) is 35.8 Å². The number of benzene rings is 3. The molecule has 1 aromatic heterocycles. The number of aromatic nitrogens is 1. The molecule has 4 rings (SSSR count). The number of aliphatic hydroxyl groups excluding tert-OH is 1. The highest BCUT2D eigenvalue weighted by Gasteiger charge is 2.15. The fourth-order valence-corrected chi connectivity index (χ4v) is 5.66. The van der Waals surface area contributed by atoms with Crippen LogP contribution in [-0.2, 0) is 26.4 Å². The number of hydrogen-bond donors (Lipinski definition) is 2. The van der Waals surface area contributed by atoms with Crippen LogP contribution in [0.5, 0.6) is 0 Å². The van der Waals surface area contributed by atoms with Gasteiger partial charge in [-0.3, -0.25) is 9.71 Å². The summed E-state index contributed by atoms with van der Waals surface area (Å²) < 4.78 is 53.3. The molecular weight excluding hydrogens is 510 g/mol. The Balaban J connectivity index is 1.37. The Bertz CT molecular complexity index is 1640. The number of fused-ring (bicyclic) bond motifs is 1. The fraction of sp³-hybridized carbons (Fsp3) is 0.222. The molecule has 37 heavy (non-hydrogen) atoms.